The van der Waals surface area contributed by atoms with Crippen molar-refractivity contribution in [2.75, 3.05) is 0 Å². The minimum Gasteiger partial charge on any atom is -0.469 e. The van der Waals surface area contributed by atoms with Gasteiger partial charge in [-0.1, -0.05) is 13.8 Å². The van der Waals surface area contributed by atoms with Crippen LogP contribution < -0.4 is 0 Å². The van der Waals surface area contributed by atoms with Crippen LogP contribution in [0.2, 0.25) is 0 Å². The third kappa shape index (κ3) is 2.37. The second-order valence-electron chi connectivity index (χ2n) is 4.32. The highest BCUT2D eigenvalue weighted by atomic mass is 16.3. The van der Waals surface area contributed by atoms with E-state index in [9.17, 15) is 4.79 Å². The monoisotopic (exact) mass is 246 g/mol. The number of aromatic nitrogens is 2. The van der Waals surface area contributed by atoms with Crippen LogP contribution in [0, 0.1) is 0 Å². The maximum atomic E-state index is 12.2. The molecule has 0 spiro atoms. The van der Waals surface area contributed by atoms with Crippen molar-refractivity contribution in [3.63, 3.8) is 0 Å². The lowest BCUT2D eigenvalue weighted by Gasteiger charge is -2.01. The Morgan fingerprint density at radius 1 is 1.39 bits per heavy atom. The molecule has 0 aliphatic carbocycles. The highest BCUT2D eigenvalue weighted by Crippen LogP contribution is 2.15. The zero-order valence-corrected chi connectivity index (χ0v) is 11.1. The van der Waals surface area contributed by atoms with Gasteiger partial charge in [-0.3, -0.25) is 9.48 Å². The molecule has 0 aromatic carbocycles. The minimum atomic E-state index is 0.0891. The summed E-state index contributed by atoms with van der Waals surface area (Å²) < 4.78 is 7.07. The fourth-order valence-electron chi connectivity index (χ4n) is 2.03. The molecule has 0 saturated heterocycles. The summed E-state index contributed by atoms with van der Waals surface area (Å²) in [5.74, 6) is 0.851. The molecule has 18 heavy (non-hydrogen) atoms. The number of nitrogens with zero attached hydrogens (tertiary/aromatic N) is 2. The number of carbonyl (C=O) groups is 1. The lowest BCUT2D eigenvalue weighted by Crippen LogP contribution is -2.08. The van der Waals surface area contributed by atoms with Crippen LogP contribution in [0.15, 0.2) is 22.8 Å². The number of aryl methyl sites for hydroxylation is 3. The van der Waals surface area contributed by atoms with Gasteiger partial charge in [0, 0.05) is 19.2 Å². The Balaban J connectivity index is 2.18. The first-order valence-electron chi connectivity index (χ1n) is 6.27. The molecule has 2 rings (SSSR count). The molecule has 0 aliphatic heterocycles. The van der Waals surface area contributed by atoms with E-state index in [2.05, 4.69) is 12.0 Å². The molecule has 4 nitrogen and oxygen atoms in total. The SMILES string of the molecule is CCc1cc(CC(=O)c2ccoc2CC)n(C)n1. The van der Waals surface area contributed by atoms with Gasteiger partial charge in [0.25, 0.3) is 0 Å². The summed E-state index contributed by atoms with van der Waals surface area (Å²) in [4.78, 5) is 12.2. The van der Waals surface area contributed by atoms with Crippen LogP contribution in [0.5, 0.6) is 0 Å². The van der Waals surface area contributed by atoms with Crippen molar-refractivity contribution in [3.05, 3.63) is 41.1 Å². The molecule has 0 unspecified atom stereocenters. The fraction of sp³-hybridized carbons (Fsp3) is 0.429. The van der Waals surface area contributed by atoms with Crippen molar-refractivity contribution in [1.29, 1.82) is 0 Å². The van der Waals surface area contributed by atoms with E-state index in [1.54, 1.807) is 17.0 Å². The van der Waals surface area contributed by atoms with Crippen molar-refractivity contribution in [1.82, 2.24) is 9.78 Å². The standard InChI is InChI=1S/C14H18N2O2/c1-4-10-8-11(16(3)15-10)9-13(17)12-6-7-18-14(12)5-2/h6-8H,4-5,9H2,1-3H3. The molecule has 0 atom stereocenters. The Morgan fingerprint density at radius 2 is 2.17 bits per heavy atom. The summed E-state index contributed by atoms with van der Waals surface area (Å²) in [6.07, 6.45) is 3.57. The van der Waals surface area contributed by atoms with E-state index < -0.39 is 0 Å². The second-order valence-corrected chi connectivity index (χ2v) is 4.32. The normalized spacial score (nSPS) is 10.8. The summed E-state index contributed by atoms with van der Waals surface area (Å²) >= 11 is 0. The van der Waals surface area contributed by atoms with E-state index in [4.69, 9.17) is 4.42 Å². The topological polar surface area (TPSA) is 48.0 Å². The third-order valence-corrected chi connectivity index (χ3v) is 3.10. The number of carbonyl (C=O) groups excluding carboxylic acids is 1. The van der Waals surface area contributed by atoms with Gasteiger partial charge in [-0.2, -0.15) is 5.10 Å². The van der Waals surface area contributed by atoms with Crippen LogP contribution >= 0.6 is 0 Å². The molecule has 0 fully saturated rings. The molecule has 0 bridgehead atoms. The third-order valence-electron chi connectivity index (χ3n) is 3.10. The van der Waals surface area contributed by atoms with Crippen LogP contribution in [0.1, 0.15) is 41.4 Å². The van der Waals surface area contributed by atoms with E-state index in [0.29, 0.717) is 12.0 Å². The number of furan rings is 1. The lowest BCUT2D eigenvalue weighted by molar-refractivity contribution is 0.0989. The Hall–Kier alpha value is -1.84. The van der Waals surface area contributed by atoms with Crippen LogP contribution in [0.25, 0.3) is 0 Å². The maximum Gasteiger partial charge on any atom is 0.172 e. The second kappa shape index (κ2) is 5.21. The highest BCUT2D eigenvalue weighted by Gasteiger charge is 2.16. The van der Waals surface area contributed by atoms with E-state index in [-0.39, 0.29) is 5.78 Å². The van der Waals surface area contributed by atoms with Crippen LogP contribution in [-0.2, 0) is 26.3 Å². The first-order valence-corrected chi connectivity index (χ1v) is 6.27. The van der Waals surface area contributed by atoms with Gasteiger partial charge >= 0.3 is 0 Å². The number of hydrogen-bond donors (Lipinski definition) is 0. The first-order chi connectivity index (χ1) is 8.65. The van der Waals surface area contributed by atoms with Gasteiger partial charge in [0.15, 0.2) is 5.78 Å². The fourth-order valence-corrected chi connectivity index (χ4v) is 2.03. The van der Waals surface area contributed by atoms with Crippen molar-refractivity contribution >= 4 is 5.78 Å². The van der Waals surface area contributed by atoms with E-state index in [0.717, 1.165) is 30.0 Å². The summed E-state index contributed by atoms with van der Waals surface area (Å²) in [6.45, 7) is 4.04. The molecule has 0 N–H and O–H groups in total. The Bertz CT molecular complexity index is 552. The quantitative estimate of drug-likeness (QED) is 0.762. The van der Waals surface area contributed by atoms with Crippen molar-refractivity contribution in [2.24, 2.45) is 7.05 Å². The smallest absolute Gasteiger partial charge is 0.172 e. The molecule has 2 heterocycles. The van der Waals surface area contributed by atoms with Gasteiger partial charge in [0.05, 0.1) is 23.9 Å². The van der Waals surface area contributed by atoms with Gasteiger partial charge < -0.3 is 4.42 Å². The largest absolute Gasteiger partial charge is 0.469 e. The number of rotatable bonds is 5. The Kier molecular flexibility index (Phi) is 3.65. The molecule has 96 valence electrons. The van der Waals surface area contributed by atoms with Crippen LogP contribution in [0.4, 0.5) is 0 Å². The van der Waals surface area contributed by atoms with Crippen molar-refractivity contribution < 1.29 is 9.21 Å². The van der Waals surface area contributed by atoms with E-state index in [1.165, 1.54) is 0 Å². The molecule has 2 aromatic heterocycles. The summed E-state index contributed by atoms with van der Waals surface area (Å²) in [5, 5.41) is 4.35. The molecule has 2 aromatic rings. The van der Waals surface area contributed by atoms with Crippen LogP contribution in [-0.4, -0.2) is 15.6 Å². The molecule has 4 heteroatoms. The zero-order valence-electron chi connectivity index (χ0n) is 11.1. The maximum absolute atomic E-state index is 12.2. The average molecular weight is 246 g/mol. The Morgan fingerprint density at radius 3 is 2.78 bits per heavy atom. The van der Waals surface area contributed by atoms with Gasteiger partial charge in [-0.25, -0.2) is 0 Å². The van der Waals surface area contributed by atoms with E-state index >= 15 is 0 Å². The lowest BCUT2D eigenvalue weighted by atomic mass is 10.1. The van der Waals surface area contributed by atoms with E-state index in [1.807, 2.05) is 20.0 Å². The minimum absolute atomic E-state index is 0.0891. The predicted octanol–water partition coefficient (Wildman–Crippen LogP) is 2.56. The molecular formula is C14H18N2O2. The molecule has 0 aliphatic rings. The predicted molar refractivity (Wildman–Crippen MR) is 68.7 cm³/mol. The Labute approximate surface area is 107 Å². The summed E-state index contributed by atoms with van der Waals surface area (Å²) in [6, 6.07) is 3.74. The van der Waals surface area contributed by atoms with Crippen molar-refractivity contribution in [3.8, 4) is 0 Å². The number of hydrogen-bond acceptors (Lipinski definition) is 3. The molecule has 0 radical (unpaired) electrons. The zero-order chi connectivity index (χ0) is 13.1. The molecule has 0 saturated carbocycles. The summed E-state index contributed by atoms with van der Waals surface area (Å²) in [7, 11) is 1.87. The molecular weight excluding hydrogens is 228 g/mol. The average Bonchev–Trinajstić information content (AvgIpc) is 2.96. The van der Waals surface area contributed by atoms with Gasteiger partial charge in [-0.05, 0) is 18.6 Å². The highest BCUT2D eigenvalue weighted by molar-refractivity contribution is 5.98. The number of Topliss-reactive ketones (excluding diaryl/α,β-unsaturated/α-hetero) is 1. The van der Waals surface area contributed by atoms with Gasteiger partial charge in [0.2, 0.25) is 0 Å². The molecule has 0 amide bonds. The van der Waals surface area contributed by atoms with Gasteiger partial charge in [-0.15, -0.1) is 0 Å². The van der Waals surface area contributed by atoms with Crippen molar-refractivity contribution in [2.45, 2.75) is 33.1 Å². The summed E-state index contributed by atoms with van der Waals surface area (Å²) in [5.41, 5.74) is 2.65. The first kappa shape index (κ1) is 12.6. The van der Waals surface area contributed by atoms with Gasteiger partial charge in [0.1, 0.15) is 5.76 Å². The number of ketones is 1. The van der Waals surface area contributed by atoms with Crippen LogP contribution in [0.3, 0.4) is 0 Å².